The van der Waals surface area contributed by atoms with Crippen molar-refractivity contribution in [1.82, 2.24) is 10.2 Å². The number of sulfone groups is 1. The lowest BCUT2D eigenvalue weighted by molar-refractivity contribution is -0.128. The van der Waals surface area contributed by atoms with Crippen LogP contribution in [-0.2, 0) is 19.4 Å². The monoisotopic (exact) mass is 542 g/mol. The first-order chi connectivity index (χ1) is 16.9. The number of nitrogens with zero attached hydrogens (tertiary/aromatic N) is 1. The summed E-state index contributed by atoms with van der Waals surface area (Å²) in [6.07, 6.45) is 1.92. The molecule has 3 fully saturated rings. The van der Waals surface area contributed by atoms with Gasteiger partial charge in [0.1, 0.15) is 23.5 Å². The highest BCUT2D eigenvalue weighted by Gasteiger charge is 2.56. The molecule has 7 nitrogen and oxygen atoms in total. The minimum atomic E-state index is -3.78. The lowest BCUT2D eigenvalue weighted by Gasteiger charge is -2.36. The average Bonchev–Trinajstić information content (AvgIpc) is 3.42. The van der Waals surface area contributed by atoms with Crippen molar-refractivity contribution >= 4 is 33.3 Å². The molecule has 1 saturated carbocycles. The Labute approximate surface area is 210 Å². The molecule has 36 heavy (non-hydrogen) atoms. The zero-order valence-corrected chi connectivity index (χ0v) is 20.6. The predicted octanol–water partition coefficient (Wildman–Crippen LogP) is 3.27. The van der Waals surface area contributed by atoms with Crippen molar-refractivity contribution in [3.05, 3.63) is 63.9 Å². The lowest BCUT2D eigenvalue weighted by atomic mass is 9.90. The quantitative estimate of drug-likeness (QED) is 0.566. The average molecular weight is 543 g/mol. The molecule has 0 unspecified atom stereocenters. The van der Waals surface area contributed by atoms with E-state index in [0.29, 0.717) is 12.8 Å². The number of amides is 2. The molecule has 2 saturated heterocycles. The van der Waals surface area contributed by atoms with E-state index in [4.69, 9.17) is 16.3 Å². The molecule has 2 aromatic carbocycles. The number of halogens is 4. The van der Waals surface area contributed by atoms with Crippen LogP contribution in [0.3, 0.4) is 0 Å². The molecule has 2 aromatic rings. The van der Waals surface area contributed by atoms with Gasteiger partial charge in [-0.3, -0.25) is 9.59 Å². The van der Waals surface area contributed by atoms with E-state index >= 15 is 0 Å². The molecule has 2 heterocycles. The third kappa shape index (κ3) is 4.59. The van der Waals surface area contributed by atoms with Crippen molar-refractivity contribution in [1.29, 1.82) is 0 Å². The van der Waals surface area contributed by atoms with Crippen LogP contribution in [0.5, 0.6) is 0 Å². The van der Waals surface area contributed by atoms with Gasteiger partial charge in [-0.05, 0) is 49.1 Å². The summed E-state index contributed by atoms with van der Waals surface area (Å²) in [6, 6.07) is 2.53. The topological polar surface area (TPSA) is 92.8 Å². The number of piperidine rings is 1. The summed E-state index contributed by atoms with van der Waals surface area (Å²) in [6.45, 7) is 0.454. The van der Waals surface area contributed by atoms with Gasteiger partial charge in [0.15, 0.2) is 9.84 Å². The molecule has 0 aromatic heterocycles. The van der Waals surface area contributed by atoms with Gasteiger partial charge >= 0.3 is 0 Å². The van der Waals surface area contributed by atoms with Crippen LogP contribution in [0.1, 0.15) is 34.8 Å². The number of rotatable bonds is 6. The molecule has 4 atom stereocenters. The van der Waals surface area contributed by atoms with Crippen molar-refractivity contribution in [3.8, 4) is 0 Å². The first kappa shape index (κ1) is 25.0. The van der Waals surface area contributed by atoms with Crippen LogP contribution in [0.25, 0.3) is 0 Å². The fourth-order valence-corrected chi connectivity index (χ4v) is 5.77. The Balaban J connectivity index is 1.42. The number of likely N-dealkylation sites (tertiary alicyclic amines) is 1. The Kier molecular flexibility index (Phi) is 6.29. The van der Waals surface area contributed by atoms with Crippen molar-refractivity contribution in [3.63, 3.8) is 0 Å². The molecule has 12 heteroatoms. The molecule has 0 radical (unpaired) electrons. The Morgan fingerprint density at radius 1 is 1.08 bits per heavy atom. The molecule has 1 aliphatic carbocycles. The van der Waals surface area contributed by atoms with E-state index in [9.17, 15) is 31.2 Å². The Morgan fingerprint density at radius 3 is 2.44 bits per heavy atom. The Morgan fingerprint density at radius 2 is 1.81 bits per heavy atom. The fraction of sp³-hybridized carbons (Fsp3) is 0.417. The molecule has 5 rings (SSSR count). The summed E-state index contributed by atoms with van der Waals surface area (Å²) in [5.41, 5.74) is -0.266. The molecular weight excluding hydrogens is 521 g/mol. The number of carbonyl (C=O) groups is 2. The van der Waals surface area contributed by atoms with Crippen LogP contribution < -0.4 is 5.32 Å². The number of fused-ring (bicyclic) bond motifs is 1. The second-order valence-electron chi connectivity index (χ2n) is 9.55. The largest absolute Gasteiger partial charge is 0.381 e. The zero-order valence-electron chi connectivity index (χ0n) is 19.0. The third-order valence-corrected chi connectivity index (χ3v) is 8.38. The SMILES string of the molecule is CS(=O)(=O)c1cc(F)cc(C(=O)N2[C@@H](C(=O)N[C@@H](c3cc(F)c(Cl)cc3F)C3COC3)C[C@H]3C[C@H]32)c1. The Hall–Kier alpha value is -2.63. The summed E-state index contributed by atoms with van der Waals surface area (Å²) in [4.78, 5) is 27.7. The standard InChI is InChI=1S/C24H22ClF3N2O5S/c1-36(33,34)15-3-12(2-14(26)6-15)24(32)30-20-4-11(20)5-21(30)23(31)29-22(13-9-35-10-13)16-7-19(28)17(25)8-18(16)27/h2-3,6-8,11,13,20-22H,4-5,9-10H2,1H3,(H,29,31)/t11-,20-,21-,22-/m1/s1. The van der Waals surface area contributed by atoms with Crippen LogP contribution in [0, 0.1) is 29.3 Å². The molecule has 1 N–H and O–H groups in total. The number of benzene rings is 2. The second-order valence-corrected chi connectivity index (χ2v) is 12.0. The second kappa shape index (κ2) is 9.04. The predicted molar refractivity (Wildman–Crippen MR) is 123 cm³/mol. The van der Waals surface area contributed by atoms with E-state index in [2.05, 4.69) is 5.32 Å². The minimum Gasteiger partial charge on any atom is -0.381 e. The third-order valence-electron chi connectivity index (χ3n) is 7.00. The van der Waals surface area contributed by atoms with Crippen LogP contribution in [0.2, 0.25) is 5.02 Å². The maximum Gasteiger partial charge on any atom is 0.254 e. The van der Waals surface area contributed by atoms with Gasteiger partial charge in [0.2, 0.25) is 5.91 Å². The zero-order chi connectivity index (χ0) is 25.9. The van der Waals surface area contributed by atoms with E-state index in [0.717, 1.165) is 36.6 Å². The molecule has 3 aliphatic rings. The number of nitrogens with one attached hydrogen (secondary N) is 1. The highest BCUT2D eigenvalue weighted by molar-refractivity contribution is 7.90. The first-order valence-corrected chi connectivity index (χ1v) is 13.6. The van der Waals surface area contributed by atoms with Crippen molar-refractivity contribution in [2.75, 3.05) is 19.5 Å². The van der Waals surface area contributed by atoms with E-state index in [1.807, 2.05) is 0 Å². The van der Waals surface area contributed by atoms with Gasteiger partial charge in [-0.15, -0.1) is 0 Å². The maximum absolute atomic E-state index is 14.7. The number of hydrogen-bond donors (Lipinski definition) is 1. The normalized spacial score (nSPS) is 24.1. The molecule has 192 valence electrons. The van der Waals surface area contributed by atoms with E-state index in [-0.39, 0.29) is 52.1 Å². The Bertz CT molecular complexity index is 1370. The van der Waals surface area contributed by atoms with Gasteiger partial charge in [0.25, 0.3) is 5.91 Å². The van der Waals surface area contributed by atoms with Crippen LogP contribution in [-0.4, -0.2) is 56.7 Å². The van der Waals surface area contributed by atoms with Gasteiger partial charge in [-0.2, -0.15) is 0 Å². The van der Waals surface area contributed by atoms with Gasteiger partial charge in [-0.25, -0.2) is 21.6 Å². The van der Waals surface area contributed by atoms with Crippen molar-refractivity contribution in [2.45, 2.75) is 35.9 Å². The molecular formula is C24H22ClF3N2O5S. The summed E-state index contributed by atoms with van der Waals surface area (Å²) >= 11 is 5.68. The molecule has 0 spiro atoms. The van der Waals surface area contributed by atoms with Crippen molar-refractivity contribution in [2.24, 2.45) is 11.8 Å². The van der Waals surface area contributed by atoms with Crippen LogP contribution in [0.15, 0.2) is 35.2 Å². The molecule has 2 aliphatic heterocycles. The summed E-state index contributed by atoms with van der Waals surface area (Å²) in [5.74, 6) is -3.99. The number of carbonyl (C=O) groups excluding carboxylic acids is 2. The van der Waals surface area contributed by atoms with E-state index < -0.39 is 51.2 Å². The lowest BCUT2D eigenvalue weighted by Crippen LogP contribution is -2.51. The highest BCUT2D eigenvalue weighted by atomic mass is 35.5. The van der Waals surface area contributed by atoms with Gasteiger partial charge in [0, 0.05) is 29.3 Å². The highest BCUT2D eigenvalue weighted by Crippen LogP contribution is 2.48. The minimum absolute atomic E-state index is 0.0721. The van der Waals surface area contributed by atoms with Gasteiger partial charge in [-0.1, -0.05) is 11.6 Å². The summed E-state index contributed by atoms with van der Waals surface area (Å²) < 4.78 is 72.0. The first-order valence-electron chi connectivity index (χ1n) is 11.3. The van der Waals surface area contributed by atoms with Crippen LogP contribution >= 0.6 is 11.6 Å². The van der Waals surface area contributed by atoms with E-state index in [1.165, 1.54) is 4.90 Å². The summed E-state index contributed by atoms with van der Waals surface area (Å²) in [7, 11) is -3.78. The van der Waals surface area contributed by atoms with Crippen LogP contribution in [0.4, 0.5) is 13.2 Å². The smallest absolute Gasteiger partial charge is 0.254 e. The maximum atomic E-state index is 14.7. The van der Waals surface area contributed by atoms with Gasteiger partial charge < -0.3 is 15.0 Å². The molecule has 2 amide bonds. The van der Waals surface area contributed by atoms with Crippen molar-refractivity contribution < 1.29 is 35.9 Å². The van der Waals surface area contributed by atoms with E-state index in [1.54, 1.807) is 0 Å². The number of hydrogen-bond acceptors (Lipinski definition) is 5. The molecule has 0 bridgehead atoms. The number of ether oxygens (including phenoxy) is 1. The fourth-order valence-electron chi connectivity index (χ4n) is 4.95. The van der Waals surface area contributed by atoms with Gasteiger partial charge in [0.05, 0.1) is 29.2 Å². The summed E-state index contributed by atoms with van der Waals surface area (Å²) in [5, 5.41) is 2.37.